The minimum atomic E-state index is 0.0432. The molecule has 1 amide bonds. The minimum absolute atomic E-state index is 0.0432. The van der Waals surface area contributed by atoms with Crippen molar-refractivity contribution in [3.8, 4) is 5.75 Å². The van der Waals surface area contributed by atoms with Gasteiger partial charge in [-0.3, -0.25) is 4.79 Å². The molecule has 2 rings (SSSR count). The number of amides is 1. The Morgan fingerprint density at radius 3 is 2.68 bits per heavy atom. The van der Waals surface area contributed by atoms with E-state index in [9.17, 15) is 4.79 Å². The molecule has 0 aliphatic heterocycles. The van der Waals surface area contributed by atoms with Crippen LogP contribution in [0.1, 0.15) is 43.0 Å². The lowest BCUT2D eigenvalue weighted by Gasteiger charge is -2.24. The van der Waals surface area contributed by atoms with Crippen molar-refractivity contribution in [2.75, 3.05) is 19.4 Å². The first-order chi connectivity index (χ1) is 9.13. The summed E-state index contributed by atoms with van der Waals surface area (Å²) in [4.78, 5) is 14.2. The molecule has 1 saturated carbocycles. The van der Waals surface area contributed by atoms with Gasteiger partial charge in [0.25, 0.3) is 5.91 Å². The van der Waals surface area contributed by atoms with Gasteiger partial charge in [-0.25, -0.2) is 0 Å². The third-order valence-electron chi connectivity index (χ3n) is 3.75. The van der Waals surface area contributed by atoms with Crippen molar-refractivity contribution in [2.24, 2.45) is 0 Å². The highest BCUT2D eigenvalue weighted by Gasteiger charge is 2.24. The zero-order valence-corrected chi connectivity index (χ0v) is 11.7. The van der Waals surface area contributed by atoms with Gasteiger partial charge in [0.05, 0.1) is 12.3 Å². The molecule has 0 heterocycles. The Morgan fingerprint density at radius 2 is 2.11 bits per heavy atom. The van der Waals surface area contributed by atoms with Gasteiger partial charge in [0.1, 0.15) is 5.75 Å². The van der Waals surface area contributed by atoms with E-state index in [0.717, 1.165) is 12.8 Å². The van der Waals surface area contributed by atoms with Crippen LogP contribution in [0.4, 0.5) is 5.69 Å². The Hall–Kier alpha value is -1.71. The lowest BCUT2D eigenvalue weighted by molar-refractivity contribution is 0.0735. The summed E-state index contributed by atoms with van der Waals surface area (Å²) in [6.07, 6.45) is 4.64. The molecule has 4 heteroatoms. The highest BCUT2D eigenvalue weighted by atomic mass is 16.5. The summed E-state index contributed by atoms with van der Waals surface area (Å²) in [5, 5.41) is 0. The number of anilines is 1. The number of benzene rings is 1. The van der Waals surface area contributed by atoms with Crippen molar-refractivity contribution in [3.05, 3.63) is 23.8 Å². The highest BCUT2D eigenvalue weighted by Crippen LogP contribution is 2.26. The maximum atomic E-state index is 12.4. The van der Waals surface area contributed by atoms with E-state index in [1.807, 2.05) is 18.9 Å². The molecule has 2 N–H and O–H groups in total. The van der Waals surface area contributed by atoms with Gasteiger partial charge in [-0.15, -0.1) is 0 Å². The van der Waals surface area contributed by atoms with Crippen LogP contribution in [-0.2, 0) is 0 Å². The van der Waals surface area contributed by atoms with Crippen LogP contribution in [0.15, 0.2) is 18.2 Å². The number of nitrogen functional groups attached to an aromatic ring is 1. The molecule has 104 valence electrons. The quantitative estimate of drug-likeness (QED) is 0.849. The molecule has 1 fully saturated rings. The van der Waals surface area contributed by atoms with Gasteiger partial charge in [-0.05, 0) is 38.0 Å². The van der Waals surface area contributed by atoms with Crippen molar-refractivity contribution < 1.29 is 9.53 Å². The second kappa shape index (κ2) is 5.95. The molecule has 19 heavy (non-hydrogen) atoms. The summed E-state index contributed by atoms with van der Waals surface area (Å²) < 4.78 is 5.38. The molecular formula is C15H22N2O2. The topological polar surface area (TPSA) is 55.6 Å². The van der Waals surface area contributed by atoms with Gasteiger partial charge in [0, 0.05) is 18.7 Å². The molecule has 0 unspecified atom stereocenters. The smallest absolute Gasteiger partial charge is 0.253 e. The molecule has 0 bridgehead atoms. The van der Waals surface area contributed by atoms with Crippen LogP contribution in [0.5, 0.6) is 5.75 Å². The van der Waals surface area contributed by atoms with Crippen LogP contribution in [0.3, 0.4) is 0 Å². The normalized spacial score (nSPS) is 15.5. The second-order valence-electron chi connectivity index (χ2n) is 5.04. The van der Waals surface area contributed by atoms with E-state index in [1.165, 1.54) is 12.8 Å². The van der Waals surface area contributed by atoms with Gasteiger partial charge in [-0.1, -0.05) is 12.8 Å². The number of ether oxygens (including phenoxy) is 1. The summed E-state index contributed by atoms with van der Waals surface area (Å²) in [6.45, 7) is 2.48. The lowest BCUT2D eigenvalue weighted by Crippen LogP contribution is -2.35. The minimum Gasteiger partial charge on any atom is -0.492 e. The fourth-order valence-corrected chi connectivity index (χ4v) is 2.63. The summed E-state index contributed by atoms with van der Waals surface area (Å²) in [5.74, 6) is 0.684. The van der Waals surface area contributed by atoms with Gasteiger partial charge in [0.15, 0.2) is 0 Å². The molecule has 1 aliphatic carbocycles. The predicted octanol–water partition coefficient (Wildman–Crippen LogP) is 2.68. The molecule has 0 spiro atoms. The van der Waals surface area contributed by atoms with E-state index in [1.54, 1.807) is 18.2 Å². The average molecular weight is 262 g/mol. The van der Waals surface area contributed by atoms with E-state index in [4.69, 9.17) is 10.5 Å². The van der Waals surface area contributed by atoms with Crippen molar-refractivity contribution in [1.29, 1.82) is 0 Å². The summed E-state index contributed by atoms with van der Waals surface area (Å²) in [5.41, 5.74) is 7.06. The van der Waals surface area contributed by atoms with E-state index in [2.05, 4.69) is 0 Å². The summed E-state index contributed by atoms with van der Waals surface area (Å²) in [6, 6.07) is 5.64. The second-order valence-corrected chi connectivity index (χ2v) is 5.04. The van der Waals surface area contributed by atoms with Gasteiger partial charge >= 0.3 is 0 Å². The van der Waals surface area contributed by atoms with Gasteiger partial charge in [0.2, 0.25) is 0 Å². The third-order valence-corrected chi connectivity index (χ3v) is 3.75. The van der Waals surface area contributed by atoms with Crippen LogP contribution in [0.2, 0.25) is 0 Å². The Bertz CT molecular complexity index is 453. The predicted molar refractivity (Wildman–Crippen MR) is 76.4 cm³/mol. The fraction of sp³-hybridized carbons (Fsp3) is 0.533. The monoisotopic (exact) mass is 262 g/mol. The Morgan fingerprint density at radius 1 is 1.42 bits per heavy atom. The summed E-state index contributed by atoms with van der Waals surface area (Å²) in [7, 11) is 1.88. The van der Waals surface area contributed by atoms with Crippen LogP contribution in [0.25, 0.3) is 0 Å². The van der Waals surface area contributed by atoms with E-state index in [-0.39, 0.29) is 5.91 Å². The summed E-state index contributed by atoms with van der Waals surface area (Å²) >= 11 is 0. The lowest BCUT2D eigenvalue weighted by atomic mass is 10.1. The molecule has 0 atom stereocenters. The highest BCUT2D eigenvalue weighted by molar-refractivity contribution is 5.95. The molecule has 1 aromatic carbocycles. The van der Waals surface area contributed by atoms with Crippen LogP contribution in [-0.4, -0.2) is 30.5 Å². The van der Waals surface area contributed by atoms with E-state index >= 15 is 0 Å². The van der Waals surface area contributed by atoms with Crippen molar-refractivity contribution >= 4 is 11.6 Å². The number of nitrogens with zero attached hydrogens (tertiary/aromatic N) is 1. The molecule has 0 saturated heterocycles. The number of rotatable bonds is 4. The van der Waals surface area contributed by atoms with Gasteiger partial charge in [-0.2, -0.15) is 0 Å². The molecule has 0 aromatic heterocycles. The Balaban J connectivity index is 2.12. The molecule has 1 aliphatic rings. The zero-order valence-electron chi connectivity index (χ0n) is 11.7. The van der Waals surface area contributed by atoms with Crippen LogP contribution < -0.4 is 10.5 Å². The van der Waals surface area contributed by atoms with Crippen LogP contribution >= 0.6 is 0 Å². The maximum Gasteiger partial charge on any atom is 0.253 e. The van der Waals surface area contributed by atoms with Crippen LogP contribution in [0, 0.1) is 0 Å². The van der Waals surface area contributed by atoms with E-state index in [0.29, 0.717) is 29.6 Å². The third kappa shape index (κ3) is 3.00. The first-order valence-electron chi connectivity index (χ1n) is 6.93. The first-order valence-corrected chi connectivity index (χ1v) is 6.93. The SMILES string of the molecule is CCOc1ccc(C(=O)N(C)C2CCCC2)cc1N. The molecule has 1 aromatic rings. The number of hydrogen-bond acceptors (Lipinski definition) is 3. The Labute approximate surface area is 114 Å². The number of nitrogens with two attached hydrogens (primary N) is 1. The van der Waals surface area contributed by atoms with E-state index < -0.39 is 0 Å². The maximum absolute atomic E-state index is 12.4. The first kappa shape index (κ1) is 13.7. The fourth-order valence-electron chi connectivity index (χ4n) is 2.63. The van der Waals surface area contributed by atoms with Gasteiger partial charge < -0.3 is 15.4 Å². The Kier molecular flexibility index (Phi) is 4.30. The largest absolute Gasteiger partial charge is 0.492 e. The molecule has 4 nitrogen and oxygen atoms in total. The van der Waals surface area contributed by atoms with Crippen molar-refractivity contribution in [2.45, 2.75) is 38.6 Å². The average Bonchev–Trinajstić information content (AvgIpc) is 2.93. The standard InChI is InChI=1S/C15H22N2O2/c1-3-19-14-9-8-11(10-13(14)16)15(18)17(2)12-6-4-5-7-12/h8-10,12H,3-7,16H2,1-2H3. The van der Waals surface area contributed by atoms with Crippen molar-refractivity contribution in [1.82, 2.24) is 4.90 Å². The molecule has 0 radical (unpaired) electrons. The number of carbonyl (C=O) groups excluding carboxylic acids is 1. The zero-order chi connectivity index (χ0) is 13.8. The number of hydrogen-bond donors (Lipinski definition) is 1. The number of carbonyl (C=O) groups is 1. The van der Waals surface area contributed by atoms with Crippen molar-refractivity contribution in [3.63, 3.8) is 0 Å². The molecular weight excluding hydrogens is 240 g/mol.